The Hall–Kier alpha value is -1.92. The highest BCUT2D eigenvalue weighted by molar-refractivity contribution is 5.83. The number of carbonyl (C=O) groups excluding carboxylic acids is 2. The Bertz CT molecular complexity index is 515. The zero-order valence-electron chi connectivity index (χ0n) is 12.3. The molecule has 2 atom stereocenters. The van der Waals surface area contributed by atoms with E-state index in [0.29, 0.717) is 26.1 Å². The number of fused-ring (bicyclic) bond motifs is 4. The van der Waals surface area contributed by atoms with Crippen molar-refractivity contribution in [2.24, 2.45) is 5.92 Å². The Balaban J connectivity index is 1.54. The summed E-state index contributed by atoms with van der Waals surface area (Å²) in [6, 6.07) is 0.190. The molecule has 0 radical (unpaired) electrons. The van der Waals surface area contributed by atoms with Crippen LogP contribution in [0.15, 0.2) is 12.7 Å². The maximum atomic E-state index is 12.4. The van der Waals surface area contributed by atoms with E-state index >= 15 is 0 Å². The van der Waals surface area contributed by atoms with E-state index in [2.05, 4.69) is 10.1 Å². The van der Waals surface area contributed by atoms with Crippen LogP contribution in [0, 0.1) is 5.92 Å². The summed E-state index contributed by atoms with van der Waals surface area (Å²) in [4.78, 5) is 32.1. The molecule has 0 spiro atoms. The molecule has 0 unspecified atom stereocenters. The van der Waals surface area contributed by atoms with Crippen molar-refractivity contribution in [1.82, 2.24) is 24.6 Å². The number of nitrogens with zero attached hydrogens (tertiary/aromatic N) is 5. The molecule has 1 aromatic heterocycles. The Kier molecular flexibility index (Phi) is 3.90. The molecule has 2 amide bonds. The van der Waals surface area contributed by atoms with Gasteiger partial charge in [0.25, 0.3) is 0 Å². The molecule has 3 aliphatic rings. The third kappa shape index (κ3) is 2.91. The standard InChI is InChI=1S/C14H21N5O2/c1-17-12-5-4-11(14(17)21)7-18(8-12)13(20)3-2-6-19-10-15-9-16-19/h9-12H,2-8H2,1H3/t11-,12+/m0/s1. The maximum absolute atomic E-state index is 12.4. The van der Waals surface area contributed by atoms with Crippen LogP contribution < -0.4 is 0 Å². The number of hydrogen-bond acceptors (Lipinski definition) is 4. The smallest absolute Gasteiger partial charge is 0.227 e. The van der Waals surface area contributed by atoms with Crippen LogP contribution in [0.5, 0.6) is 0 Å². The van der Waals surface area contributed by atoms with Gasteiger partial charge in [0.2, 0.25) is 11.8 Å². The normalized spacial score (nSPS) is 25.3. The van der Waals surface area contributed by atoms with Crippen LogP contribution in [0.2, 0.25) is 0 Å². The molecule has 114 valence electrons. The molecule has 21 heavy (non-hydrogen) atoms. The molecule has 0 aromatic carbocycles. The van der Waals surface area contributed by atoms with E-state index in [1.165, 1.54) is 6.33 Å². The highest BCUT2D eigenvalue weighted by atomic mass is 16.2. The van der Waals surface area contributed by atoms with Crippen molar-refractivity contribution in [3.05, 3.63) is 12.7 Å². The third-order valence-corrected chi connectivity index (χ3v) is 4.56. The number of piperidine rings is 1. The van der Waals surface area contributed by atoms with Crippen molar-refractivity contribution in [3.8, 4) is 0 Å². The second kappa shape index (κ2) is 5.83. The molecule has 3 fully saturated rings. The van der Waals surface area contributed by atoms with Crippen LogP contribution in [0.3, 0.4) is 0 Å². The summed E-state index contributed by atoms with van der Waals surface area (Å²) in [5.74, 6) is 0.340. The second-order valence-corrected chi connectivity index (χ2v) is 5.94. The average Bonchev–Trinajstić information content (AvgIpc) is 2.84. The lowest BCUT2D eigenvalue weighted by molar-refractivity contribution is -0.138. The predicted octanol–water partition coefficient (Wildman–Crippen LogP) is 0.137. The van der Waals surface area contributed by atoms with Crippen molar-refractivity contribution in [2.45, 2.75) is 38.3 Å². The van der Waals surface area contributed by atoms with Gasteiger partial charge < -0.3 is 9.80 Å². The average molecular weight is 291 g/mol. The van der Waals surface area contributed by atoms with Crippen molar-refractivity contribution < 1.29 is 9.59 Å². The second-order valence-electron chi connectivity index (χ2n) is 5.94. The number of aryl methyl sites for hydroxylation is 1. The van der Waals surface area contributed by atoms with E-state index in [4.69, 9.17) is 0 Å². The van der Waals surface area contributed by atoms with E-state index in [9.17, 15) is 9.59 Å². The lowest BCUT2D eigenvalue weighted by atomic mass is 9.95. The first-order valence-corrected chi connectivity index (χ1v) is 7.52. The van der Waals surface area contributed by atoms with Gasteiger partial charge in [0, 0.05) is 39.1 Å². The molecule has 2 bridgehead atoms. The summed E-state index contributed by atoms with van der Waals surface area (Å²) < 4.78 is 1.73. The molecule has 0 N–H and O–H groups in total. The quantitative estimate of drug-likeness (QED) is 0.791. The summed E-state index contributed by atoms with van der Waals surface area (Å²) in [7, 11) is 1.86. The first kappa shape index (κ1) is 14.0. The number of hydrogen-bond donors (Lipinski definition) is 0. The summed E-state index contributed by atoms with van der Waals surface area (Å²) in [6.07, 6.45) is 6.32. The number of aromatic nitrogens is 3. The largest absolute Gasteiger partial charge is 0.341 e. The van der Waals surface area contributed by atoms with Crippen LogP contribution in [-0.4, -0.2) is 62.6 Å². The summed E-state index contributed by atoms with van der Waals surface area (Å²) in [6.45, 7) is 1.97. The number of amides is 2. The molecule has 0 aliphatic carbocycles. The molecule has 1 aromatic rings. The van der Waals surface area contributed by atoms with Crippen molar-refractivity contribution in [2.75, 3.05) is 20.1 Å². The van der Waals surface area contributed by atoms with Gasteiger partial charge >= 0.3 is 0 Å². The third-order valence-electron chi connectivity index (χ3n) is 4.56. The van der Waals surface area contributed by atoms with Crippen LogP contribution in [0.1, 0.15) is 25.7 Å². The fraction of sp³-hybridized carbons (Fsp3) is 0.714. The van der Waals surface area contributed by atoms with Gasteiger partial charge in [0.05, 0.1) is 5.92 Å². The van der Waals surface area contributed by atoms with Gasteiger partial charge in [-0.2, -0.15) is 5.10 Å². The van der Waals surface area contributed by atoms with E-state index in [1.54, 1.807) is 11.0 Å². The summed E-state index contributed by atoms with van der Waals surface area (Å²) in [5, 5.41) is 4.02. The predicted molar refractivity (Wildman–Crippen MR) is 75.1 cm³/mol. The Morgan fingerprint density at radius 1 is 1.38 bits per heavy atom. The topological polar surface area (TPSA) is 71.3 Å². The first-order valence-electron chi connectivity index (χ1n) is 7.52. The van der Waals surface area contributed by atoms with Gasteiger partial charge in [-0.1, -0.05) is 0 Å². The lowest BCUT2D eigenvalue weighted by Gasteiger charge is -2.32. The molecule has 3 saturated heterocycles. The van der Waals surface area contributed by atoms with E-state index in [1.807, 2.05) is 16.8 Å². The zero-order chi connectivity index (χ0) is 14.8. The molecule has 4 heterocycles. The fourth-order valence-electron chi connectivity index (χ4n) is 3.26. The monoisotopic (exact) mass is 291 g/mol. The van der Waals surface area contributed by atoms with Gasteiger partial charge in [-0.25, -0.2) is 4.98 Å². The SMILES string of the molecule is CN1C(=O)[C@H]2CC[C@@H]1CN(C(=O)CCCn1cncn1)C2. The van der Waals surface area contributed by atoms with Crippen LogP contribution >= 0.6 is 0 Å². The van der Waals surface area contributed by atoms with Gasteiger partial charge in [0.15, 0.2) is 0 Å². The first-order chi connectivity index (χ1) is 10.1. The van der Waals surface area contributed by atoms with E-state index in [0.717, 1.165) is 19.3 Å². The van der Waals surface area contributed by atoms with Gasteiger partial charge in [-0.05, 0) is 19.3 Å². The van der Waals surface area contributed by atoms with Crippen LogP contribution in [0.25, 0.3) is 0 Å². The molecule has 7 heteroatoms. The maximum Gasteiger partial charge on any atom is 0.227 e. The van der Waals surface area contributed by atoms with Crippen molar-refractivity contribution in [3.63, 3.8) is 0 Å². The minimum absolute atomic E-state index is 0.00647. The fourth-order valence-corrected chi connectivity index (χ4v) is 3.26. The van der Waals surface area contributed by atoms with Gasteiger partial charge in [0.1, 0.15) is 12.7 Å². The molecule has 3 aliphatic heterocycles. The molecular weight excluding hydrogens is 270 g/mol. The summed E-state index contributed by atoms with van der Waals surface area (Å²) in [5.41, 5.74) is 0. The van der Waals surface area contributed by atoms with Crippen molar-refractivity contribution >= 4 is 11.8 Å². The highest BCUT2D eigenvalue weighted by Crippen LogP contribution is 2.28. The Morgan fingerprint density at radius 2 is 2.24 bits per heavy atom. The van der Waals surface area contributed by atoms with Gasteiger partial charge in [-0.3, -0.25) is 14.3 Å². The molecule has 0 saturated carbocycles. The minimum atomic E-state index is -0.00647. The molecule has 4 rings (SSSR count). The van der Waals surface area contributed by atoms with Crippen molar-refractivity contribution in [1.29, 1.82) is 0 Å². The lowest BCUT2D eigenvalue weighted by Crippen LogP contribution is -2.45. The van der Waals surface area contributed by atoms with Crippen LogP contribution in [0.4, 0.5) is 0 Å². The van der Waals surface area contributed by atoms with E-state index in [-0.39, 0.29) is 23.8 Å². The molecule has 7 nitrogen and oxygen atoms in total. The Morgan fingerprint density at radius 3 is 3.00 bits per heavy atom. The number of likely N-dealkylation sites (N-methyl/N-ethyl adjacent to an activating group) is 1. The van der Waals surface area contributed by atoms with E-state index < -0.39 is 0 Å². The summed E-state index contributed by atoms with van der Waals surface area (Å²) >= 11 is 0. The van der Waals surface area contributed by atoms with Gasteiger partial charge in [-0.15, -0.1) is 0 Å². The zero-order valence-corrected chi connectivity index (χ0v) is 12.3. The number of rotatable bonds is 4. The number of carbonyl (C=O) groups is 2. The highest BCUT2D eigenvalue weighted by Gasteiger charge is 2.39. The molecular formula is C14H21N5O2. The minimum Gasteiger partial charge on any atom is -0.341 e. The Labute approximate surface area is 123 Å². The van der Waals surface area contributed by atoms with Crippen LogP contribution in [-0.2, 0) is 16.1 Å².